The third-order valence-electron chi connectivity index (χ3n) is 15.4. The maximum atomic E-state index is 12.8. The quantitative estimate of drug-likeness (QED) is 0.199. The maximum absolute atomic E-state index is 12.8. The van der Waals surface area contributed by atoms with E-state index in [0.29, 0.717) is 36.9 Å². The van der Waals surface area contributed by atoms with Crippen molar-refractivity contribution in [1.29, 1.82) is 0 Å². The Bertz CT molecular complexity index is 1320. The molecule has 0 bridgehead atoms. The molecule has 1 saturated heterocycles. The second-order valence-electron chi connectivity index (χ2n) is 16.6. The molecule has 1 aliphatic heterocycles. The minimum Gasteiger partial charge on any atom is -0.462 e. The average Bonchev–Trinajstić information content (AvgIpc) is 3.22. The molecule has 7 unspecified atom stereocenters. The van der Waals surface area contributed by atoms with Crippen molar-refractivity contribution in [2.45, 2.75) is 105 Å². The van der Waals surface area contributed by atoms with Crippen molar-refractivity contribution in [3.05, 3.63) is 12.2 Å². The predicted octanol–water partition coefficient (Wildman–Crippen LogP) is 6.69. The highest BCUT2D eigenvalue weighted by molar-refractivity contribution is 5.98. The van der Waals surface area contributed by atoms with Crippen LogP contribution in [0.1, 0.15) is 88.9 Å². The number of allylic oxidation sites excluding steroid dienone is 2. The van der Waals surface area contributed by atoms with Crippen LogP contribution >= 0.6 is 0 Å². The molecule has 6 aliphatic rings. The van der Waals surface area contributed by atoms with E-state index in [1.807, 2.05) is 0 Å². The van der Waals surface area contributed by atoms with Crippen LogP contribution in [0.2, 0.25) is 0 Å². The van der Waals surface area contributed by atoms with E-state index < -0.39 is 11.9 Å². The molecule has 4 saturated carbocycles. The van der Waals surface area contributed by atoms with E-state index in [4.69, 9.17) is 28.5 Å². The number of carbonyl (C=O) groups excluding carboxylic acids is 2. The predicted molar refractivity (Wildman–Crippen MR) is 179 cm³/mol. The van der Waals surface area contributed by atoms with Crippen molar-refractivity contribution >= 4 is 17.7 Å². The average molecular weight is 660 g/mol. The van der Waals surface area contributed by atoms with Gasteiger partial charge in [0, 0.05) is 58.6 Å². The Morgan fingerprint density at radius 3 is 2.40 bits per heavy atom. The standard InChI is InChI=1S/C38H59NO8.H2/c1-21-19-45-38(43-10,28(21)20-42-9)33(47-26(6)41)23(3)32-30(46-25(5)40)18-35(8)31-13-12-27-22(2)29(39-44-11)14-15-36(27)24(4)37(31,36)17-16-34(32,35)7;/h14-15,21-24,27-28,30-33H,12-13,16-20H2,1-11H3;1H/b39-29+;/t21?,22-,23-,24?,27?,28?,30-,31-,32-,33+,34+,35-,36?,37?,38?;/m0./s1. The van der Waals surface area contributed by atoms with Gasteiger partial charge in [-0.2, -0.15) is 0 Å². The number of oxime groups is 1. The number of hydrogen-bond acceptors (Lipinski definition) is 9. The van der Waals surface area contributed by atoms with Crippen LogP contribution in [0.5, 0.6) is 0 Å². The number of rotatable bonds is 9. The zero-order valence-electron chi connectivity index (χ0n) is 30.6. The summed E-state index contributed by atoms with van der Waals surface area (Å²) in [6.45, 7) is 17.9. The van der Waals surface area contributed by atoms with Gasteiger partial charge in [0.1, 0.15) is 13.2 Å². The molecule has 266 valence electrons. The van der Waals surface area contributed by atoms with Crippen LogP contribution in [0, 0.1) is 69.0 Å². The first-order valence-corrected chi connectivity index (χ1v) is 18.0. The van der Waals surface area contributed by atoms with Crippen LogP contribution in [-0.4, -0.2) is 70.2 Å². The van der Waals surface area contributed by atoms with Gasteiger partial charge in [-0.1, -0.05) is 52.8 Å². The summed E-state index contributed by atoms with van der Waals surface area (Å²) in [5.41, 5.74) is 1.12. The van der Waals surface area contributed by atoms with Crippen LogP contribution in [-0.2, 0) is 38.1 Å². The Morgan fingerprint density at radius 2 is 1.79 bits per heavy atom. The monoisotopic (exact) mass is 659 g/mol. The normalized spacial score (nSPS) is 50.1. The molecule has 2 spiro atoms. The summed E-state index contributed by atoms with van der Waals surface area (Å²) < 4.78 is 31.1. The highest BCUT2D eigenvalue weighted by Gasteiger charge is 2.85. The molecule has 5 fully saturated rings. The van der Waals surface area contributed by atoms with Crippen molar-refractivity contribution in [3.63, 3.8) is 0 Å². The van der Waals surface area contributed by atoms with Gasteiger partial charge in [0.15, 0.2) is 6.10 Å². The van der Waals surface area contributed by atoms with Crippen LogP contribution in [0.25, 0.3) is 0 Å². The van der Waals surface area contributed by atoms with Gasteiger partial charge in [0.25, 0.3) is 0 Å². The number of hydrogen-bond donors (Lipinski definition) is 0. The molecule has 0 aromatic heterocycles. The van der Waals surface area contributed by atoms with Gasteiger partial charge in [0.05, 0.1) is 18.9 Å². The highest BCUT2D eigenvalue weighted by Crippen LogP contribution is 2.89. The molecule has 0 aromatic rings. The third-order valence-corrected chi connectivity index (χ3v) is 15.4. The molecule has 9 heteroatoms. The summed E-state index contributed by atoms with van der Waals surface area (Å²) in [7, 11) is 4.96. The first kappa shape index (κ1) is 34.9. The van der Waals surface area contributed by atoms with Crippen LogP contribution in [0.4, 0.5) is 0 Å². The zero-order valence-corrected chi connectivity index (χ0v) is 30.6. The molecule has 47 heavy (non-hydrogen) atoms. The molecule has 6 rings (SSSR count). The molecule has 0 N–H and O–H groups in total. The van der Waals surface area contributed by atoms with Gasteiger partial charge in [-0.3, -0.25) is 9.59 Å². The van der Waals surface area contributed by atoms with E-state index in [0.717, 1.165) is 37.8 Å². The molecule has 0 amide bonds. The van der Waals surface area contributed by atoms with Crippen molar-refractivity contribution in [2.75, 3.05) is 34.5 Å². The lowest BCUT2D eigenvalue weighted by Crippen LogP contribution is -2.60. The summed E-state index contributed by atoms with van der Waals surface area (Å²) in [4.78, 5) is 30.9. The Balaban J connectivity index is 0.00000451. The van der Waals surface area contributed by atoms with E-state index in [1.54, 1.807) is 21.3 Å². The molecule has 15 atom stereocenters. The molecule has 0 radical (unpaired) electrons. The van der Waals surface area contributed by atoms with Crippen LogP contribution in [0.3, 0.4) is 0 Å². The largest absolute Gasteiger partial charge is 0.462 e. The van der Waals surface area contributed by atoms with Gasteiger partial charge < -0.3 is 28.5 Å². The summed E-state index contributed by atoms with van der Waals surface area (Å²) in [6, 6.07) is 0. The van der Waals surface area contributed by atoms with Gasteiger partial charge >= 0.3 is 11.9 Å². The first-order chi connectivity index (χ1) is 22.2. The van der Waals surface area contributed by atoms with E-state index in [-0.39, 0.29) is 64.8 Å². The van der Waals surface area contributed by atoms with E-state index in [9.17, 15) is 9.59 Å². The zero-order chi connectivity index (χ0) is 34.3. The van der Waals surface area contributed by atoms with Crippen LogP contribution in [0.15, 0.2) is 17.3 Å². The summed E-state index contributed by atoms with van der Waals surface area (Å²) in [5.74, 6) is -0.194. The SMILES string of the molecule is COCC1C(C)COC1(OC)[C@H](OC(C)=O)[C@@H](C)[C@H]1[C@@H](OC(C)=O)C[C@@]2(C)[C@@H]3CCC4[C@H](C)/C(=N/OC)C=CC45C(C)C35CC[C@]12C.[HH]. The third kappa shape index (κ3) is 4.46. The maximum Gasteiger partial charge on any atom is 0.303 e. The fourth-order valence-corrected chi connectivity index (χ4v) is 13.5. The van der Waals surface area contributed by atoms with Crippen molar-refractivity contribution in [3.8, 4) is 0 Å². The fourth-order valence-electron chi connectivity index (χ4n) is 13.5. The molecule has 9 nitrogen and oxygen atoms in total. The Morgan fingerprint density at radius 1 is 1.06 bits per heavy atom. The summed E-state index contributed by atoms with van der Waals surface area (Å²) in [6.07, 6.45) is 8.92. The van der Waals surface area contributed by atoms with Gasteiger partial charge in [0.2, 0.25) is 5.79 Å². The number of fused-ring (bicyclic) bond motifs is 2. The molecular weight excluding hydrogens is 598 g/mol. The lowest BCUT2D eigenvalue weighted by atomic mass is 9.43. The number of methoxy groups -OCH3 is 2. The molecule has 0 aromatic carbocycles. The molecule has 5 aliphatic carbocycles. The minimum absolute atomic E-state index is 0. The van der Waals surface area contributed by atoms with Gasteiger partial charge in [-0.25, -0.2) is 0 Å². The van der Waals surface area contributed by atoms with Gasteiger partial charge in [-0.15, -0.1) is 0 Å². The summed E-state index contributed by atoms with van der Waals surface area (Å²) >= 11 is 0. The lowest BCUT2D eigenvalue weighted by molar-refractivity contribution is -0.293. The number of esters is 2. The Hall–Kier alpha value is -1.97. The second-order valence-corrected chi connectivity index (χ2v) is 16.6. The van der Waals surface area contributed by atoms with E-state index >= 15 is 0 Å². The van der Waals surface area contributed by atoms with E-state index in [2.05, 4.69) is 58.9 Å². The lowest BCUT2D eigenvalue weighted by Gasteiger charge is -2.61. The Labute approximate surface area is 283 Å². The van der Waals surface area contributed by atoms with Gasteiger partial charge in [-0.05, 0) is 78.1 Å². The molecule has 1 heterocycles. The first-order valence-electron chi connectivity index (χ1n) is 18.0. The van der Waals surface area contributed by atoms with Crippen molar-refractivity contribution in [2.24, 2.45) is 74.2 Å². The van der Waals surface area contributed by atoms with Crippen molar-refractivity contribution < 1.29 is 39.5 Å². The number of ether oxygens (including phenoxy) is 5. The molecular formula is C38H61NO8. The Kier molecular flexibility index (Phi) is 8.78. The second kappa shape index (κ2) is 11.8. The number of nitrogens with zero attached hydrogens (tertiary/aromatic N) is 1. The number of carbonyl (C=O) groups is 2. The summed E-state index contributed by atoms with van der Waals surface area (Å²) in [5, 5.41) is 4.40. The van der Waals surface area contributed by atoms with Crippen LogP contribution < -0.4 is 0 Å². The smallest absolute Gasteiger partial charge is 0.303 e. The highest BCUT2D eigenvalue weighted by atomic mass is 16.7. The minimum atomic E-state index is -1.18. The van der Waals surface area contributed by atoms with Crippen molar-refractivity contribution in [1.82, 2.24) is 0 Å². The van der Waals surface area contributed by atoms with E-state index in [1.165, 1.54) is 13.8 Å². The topological polar surface area (TPSA) is 102 Å². The fraction of sp³-hybridized carbons (Fsp3) is 0.868.